The van der Waals surface area contributed by atoms with Crippen molar-refractivity contribution < 1.29 is 22.3 Å². The van der Waals surface area contributed by atoms with Crippen molar-refractivity contribution in [1.82, 2.24) is 0 Å². The molecule has 2 N–H and O–H groups in total. The van der Waals surface area contributed by atoms with E-state index in [4.69, 9.17) is 19.0 Å². The molecular formula is C24H27NO5S. The van der Waals surface area contributed by atoms with Crippen molar-refractivity contribution in [3.05, 3.63) is 78.4 Å². The third-order valence-electron chi connectivity index (χ3n) is 4.50. The molecular weight excluding hydrogens is 414 g/mol. The fraction of sp³-hybridized carbons (Fsp3) is 0.250. The molecule has 0 saturated carbocycles. The lowest BCUT2D eigenvalue weighted by Gasteiger charge is -2.11. The fourth-order valence-corrected chi connectivity index (χ4v) is 3.55. The molecule has 164 valence electrons. The van der Waals surface area contributed by atoms with Crippen molar-refractivity contribution in [3.63, 3.8) is 0 Å². The topological polar surface area (TPSA) is 91.8 Å². The summed E-state index contributed by atoms with van der Waals surface area (Å²) in [6.07, 6.45) is 2.76. The van der Waals surface area contributed by atoms with Crippen LogP contribution in [0.2, 0.25) is 0 Å². The van der Waals surface area contributed by atoms with Crippen molar-refractivity contribution in [3.8, 4) is 11.5 Å². The van der Waals surface area contributed by atoms with Gasteiger partial charge in [-0.3, -0.25) is 0 Å². The van der Waals surface area contributed by atoms with Crippen LogP contribution in [0.1, 0.15) is 25.3 Å². The van der Waals surface area contributed by atoms with Gasteiger partial charge in [0.25, 0.3) is 0 Å². The zero-order chi connectivity index (χ0) is 22.1. The van der Waals surface area contributed by atoms with E-state index in [1.165, 1.54) is 17.7 Å². The van der Waals surface area contributed by atoms with Crippen LogP contribution in [0, 0.1) is 0 Å². The maximum Gasteiger partial charge on any atom is 0.238 e. The highest BCUT2D eigenvalue weighted by atomic mass is 32.2. The number of primary sulfonamides is 1. The van der Waals surface area contributed by atoms with E-state index in [1.54, 1.807) is 12.1 Å². The Morgan fingerprint density at radius 1 is 0.871 bits per heavy atom. The Bertz CT molecular complexity index is 1120. The zero-order valence-corrected chi connectivity index (χ0v) is 18.3. The lowest BCUT2D eigenvalue weighted by atomic mass is 10.1. The molecule has 2 aromatic carbocycles. The quantitative estimate of drug-likeness (QED) is 0.369. The van der Waals surface area contributed by atoms with Crippen LogP contribution in [0.25, 0.3) is 11.2 Å². The predicted octanol–water partition coefficient (Wildman–Crippen LogP) is 5.01. The SMILES string of the molecule is CCCc1ccccc1OCCCOc1cccc(S(N)(=O)=O)c1.c1cc2ccc1o2. The Balaban J connectivity index is 0.000000322. The summed E-state index contributed by atoms with van der Waals surface area (Å²) in [5.74, 6) is 1.39. The molecule has 0 aliphatic heterocycles. The monoisotopic (exact) mass is 441 g/mol. The maximum absolute atomic E-state index is 11.3. The van der Waals surface area contributed by atoms with Crippen LogP contribution in [0.5, 0.6) is 11.5 Å². The Labute approximate surface area is 183 Å². The molecule has 0 atom stereocenters. The molecule has 2 aromatic heterocycles. The minimum atomic E-state index is -3.71. The van der Waals surface area contributed by atoms with Gasteiger partial charge in [-0.1, -0.05) is 37.6 Å². The van der Waals surface area contributed by atoms with Gasteiger partial charge < -0.3 is 13.9 Å². The summed E-state index contributed by atoms with van der Waals surface area (Å²) in [5.41, 5.74) is 3.15. The summed E-state index contributed by atoms with van der Waals surface area (Å²) in [6.45, 7) is 3.11. The Morgan fingerprint density at radius 3 is 2.16 bits per heavy atom. The number of aryl methyl sites for hydroxylation is 1. The van der Waals surface area contributed by atoms with Gasteiger partial charge in [0.05, 0.1) is 18.1 Å². The van der Waals surface area contributed by atoms with Crippen LogP contribution < -0.4 is 14.6 Å². The minimum Gasteiger partial charge on any atom is -0.493 e. The van der Waals surface area contributed by atoms with E-state index in [0.717, 1.165) is 29.8 Å². The maximum atomic E-state index is 11.3. The molecule has 0 spiro atoms. The van der Waals surface area contributed by atoms with Crippen molar-refractivity contribution in [1.29, 1.82) is 0 Å². The van der Waals surface area contributed by atoms with Gasteiger partial charge >= 0.3 is 0 Å². The van der Waals surface area contributed by atoms with E-state index in [1.807, 2.05) is 42.5 Å². The molecule has 0 saturated heterocycles. The smallest absolute Gasteiger partial charge is 0.238 e. The average Bonchev–Trinajstić information content (AvgIpc) is 3.41. The summed E-state index contributed by atoms with van der Waals surface area (Å²) < 4.78 is 39.1. The minimum absolute atomic E-state index is 0.0461. The van der Waals surface area contributed by atoms with E-state index in [0.29, 0.717) is 25.4 Å². The number of hydrogen-bond acceptors (Lipinski definition) is 5. The normalized spacial score (nSPS) is 11.2. The van der Waals surface area contributed by atoms with Gasteiger partial charge in [-0.2, -0.15) is 0 Å². The first kappa shape index (κ1) is 22.7. The summed E-state index contributed by atoms with van der Waals surface area (Å²) in [7, 11) is -3.71. The van der Waals surface area contributed by atoms with Crippen LogP contribution in [-0.2, 0) is 16.4 Å². The molecule has 0 amide bonds. The van der Waals surface area contributed by atoms with Crippen LogP contribution in [-0.4, -0.2) is 21.6 Å². The molecule has 2 bridgehead atoms. The highest BCUT2D eigenvalue weighted by molar-refractivity contribution is 7.89. The zero-order valence-electron chi connectivity index (χ0n) is 17.5. The molecule has 4 rings (SSSR count). The number of benzene rings is 3. The van der Waals surface area contributed by atoms with E-state index >= 15 is 0 Å². The van der Waals surface area contributed by atoms with E-state index in [9.17, 15) is 8.42 Å². The second kappa shape index (κ2) is 10.8. The van der Waals surface area contributed by atoms with Crippen molar-refractivity contribution in [2.24, 2.45) is 5.14 Å². The largest absolute Gasteiger partial charge is 0.493 e. The molecule has 7 heteroatoms. The first-order valence-electron chi connectivity index (χ1n) is 10.2. The van der Waals surface area contributed by atoms with E-state index < -0.39 is 10.0 Å². The van der Waals surface area contributed by atoms with Crippen molar-refractivity contribution in [2.75, 3.05) is 13.2 Å². The van der Waals surface area contributed by atoms with Crippen LogP contribution in [0.15, 0.2) is 82.1 Å². The first-order valence-corrected chi connectivity index (χ1v) is 11.7. The molecule has 31 heavy (non-hydrogen) atoms. The Kier molecular flexibility index (Phi) is 7.92. The van der Waals surface area contributed by atoms with Crippen molar-refractivity contribution in [2.45, 2.75) is 31.1 Å². The van der Waals surface area contributed by atoms with Gasteiger partial charge in [0.1, 0.15) is 22.7 Å². The molecule has 4 aromatic rings. The number of rotatable bonds is 9. The average molecular weight is 442 g/mol. The van der Waals surface area contributed by atoms with Crippen LogP contribution in [0.3, 0.4) is 0 Å². The van der Waals surface area contributed by atoms with Gasteiger partial charge in [-0.25, -0.2) is 13.6 Å². The number of furan rings is 2. The Morgan fingerprint density at radius 2 is 1.55 bits per heavy atom. The highest BCUT2D eigenvalue weighted by Gasteiger charge is 2.08. The number of ether oxygens (including phenoxy) is 2. The van der Waals surface area contributed by atoms with Crippen LogP contribution in [0.4, 0.5) is 0 Å². The fourth-order valence-electron chi connectivity index (χ4n) is 3.00. The summed E-state index contributed by atoms with van der Waals surface area (Å²) in [6, 6.07) is 22.0. The molecule has 6 nitrogen and oxygen atoms in total. The molecule has 0 radical (unpaired) electrons. The number of fused-ring (bicyclic) bond motifs is 2. The standard InChI is InChI=1S/C18H23NO4S.C6H4O/c1-2-7-15-8-3-4-11-18(15)23-13-6-12-22-16-9-5-10-17(14-16)24(19,20)21;1-2-6-4-3-5(1)7-6/h3-5,8-11,14H,2,6-7,12-13H2,1H3,(H2,19,20,21);1-4H. The van der Waals surface area contributed by atoms with Gasteiger partial charge in [-0.15, -0.1) is 0 Å². The molecule has 0 fully saturated rings. The van der Waals surface area contributed by atoms with Gasteiger partial charge in [0.15, 0.2) is 0 Å². The van der Waals surface area contributed by atoms with E-state index in [2.05, 4.69) is 13.0 Å². The van der Waals surface area contributed by atoms with Crippen molar-refractivity contribution >= 4 is 21.2 Å². The summed E-state index contributed by atoms with van der Waals surface area (Å²) in [5, 5.41) is 5.10. The second-order valence-corrected chi connectivity index (χ2v) is 8.56. The number of para-hydroxylation sites is 1. The molecule has 0 aliphatic rings. The van der Waals surface area contributed by atoms with Gasteiger partial charge in [-0.05, 0) is 54.4 Å². The molecule has 2 heterocycles. The van der Waals surface area contributed by atoms with Gasteiger partial charge in [0.2, 0.25) is 10.0 Å². The predicted molar refractivity (Wildman–Crippen MR) is 121 cm³/mol. The number of hydrogen-bond donors (Lipinski definition) is 1. The van der Waals surface area contributed by atoms with Gasteiger partial charge in [0, 0.05) is 12.5 Å². The number of sulfonamides is 1. The third kappa shape index (κ3) is 7.01. The second-order valence-electron chi connectivity index (χ2n) is 7.00. The lowest BCUT2D eigenvalue weighted by molar-refractivity contribution is 0.246. The van der Waals surface area contributed by atoms with E-state index in [-0.39, 0.29) is 4.90 Å². The molecule has 0 aliphatic carbocycles. The van der Waals surface area contributed by atoms with Crippen LogP contribution >= 0.6 is 0 Å². The first-order chi connectivity index (χ1) is 15.0. The third-order valence-corrected chi connectivity index (χ3v) is 5.41. The summed E-state index contributed by atoms with van der Waals surface area (Å²) in [4.78, 5) is 0.0461. The Hall–Kier alpha value is -3.03. The highest BCUT2D eigenvalue weighted by Crippen LogP contribution is 2.20. The lowest BCUT2D eigenvalue weighted by Crippen LogP contribution is -2.12. The summed E-state index contributed by atoms with van der Waals surface area (Å²) >= 11 is 0. The number of nitrogens with two attached hydrogens (primary N) is 1. The molecule has 0 unspecified atom stereocenters.